The first-order valence-electron chi connectivity index (χ1n) is 6.69. The number of carboxylic acid groups (broad SMARTS) is 1. The Kier molecular flexibility index (Phi) is 4.33. The van der Waals surface area contributed by atoms with Gasteiger partial charge in [0.05, 0.1) is 5.41 Å². The van der Waals surface area contributed by atoms with Gasteiger partial charge in [-0.1, -0.05) is 36.6 Å². The van der Waals surface area contributed by atoms with Crippen LogP contribution in [0.25, 0.3) is 0 Å². The van der Waals surface area contributed by atoms with E-state index in [0.717, 1.165) is 31.2 Å². The minimum absolute atomic E-state index is 0.111. The Morgan fingerprint density at radius 1 is 1.25 bits per heavy atom. The molecule has 0 heterocycles. The number of aliphatic carboxylic acids is 1. The third-order valence-electron chi connectivity index (χ3n) is 3.98. The number of hydrogen-bond donors (Lipinski definition) is 1. The molecule has 4 nitrogen and oxygen atoms in total. The predicted molar refractivity (Wildman–Crippen MR) is 76.9 cm³/mol. The molecular weight excluding hydrogens is 278 g/mol. The molecule has 0 aliphatic heterocycles. The number of rotatable bonds is 4. The standard InChI is InChI=1S/C15H18ClNO3/c1-17(10-13(18)19)14(20)15(8-2-3-9-15)11-4-6-12(16)7-5-11/h4-7H,2-3,8-10H2,1H3,(H,18,19). The number of carbonyl (C=O) groups excluding carboxylic acids is 1. The topological polar surface area (TPSA) is 57.6 Å². The normalized spacial score (nSPS) is 16.9. The lowest BCUT2D eigenvalue weighted by Gasteiger charge is -2.32. The molecule has 2 rings (SSSR count). The van der Waals surface area contributed by atoms with Crippen LogP contribution in [0.1, 0.15) is 31.2 Å². The maximum absolute atomic E-state index is 12.7. The first-order chi connectivity index (χ1) is 9.45. The molecule has 5 heteroatoms. The summed E-state index contributed by atoms with van der Waals surface area (Å²) >= 11 is 5.90. The summed E-state index contributed by atoms with van der Waals surface area (Å²) in [6.07, 6.45) is 3.49. The van der Waals surface area contributed by atoms with E-state index in [1.807, 2.05) is 12.1 Å². The molecule has 0 saturated heterocycles. The number of likely N-dealkylation sites (N-methyl/N-ethyl adjacent to an activating group) is 1. The molecule has 1 fully saturated rings. The second-order valence-corrected chi connectivity index (χ2v) is 5.79. The van der Waals surface area contributed by atoms with Crippen LogP contribution in [0.4, 0.5) is 0 Å². The Morgan fingerprint density at radius 3 is 2.30 bits per heavy atom. The van der Waals surface area contributed by atoms with Crippen molar-refractivity contribution >= 4 is 23.5 Å². The SMILES string of the molecule is CN(CC(=O)O)C(=O)C1(c2ccc(Cl)cc2)CCCC1. The van der Waals surface area contributed by atoms with Gasteiger partial charge < -0.3 is 10.0 Å². The number of carbonyl (C=O) groups is 2. The largest absolute Gasteiger partial charge is 0.480 e. The van der Waals surface area contributed by atoms with E-state index in [2.05, 4.69) is 0 Å². The summed E-state index contributed by atoms with van der Waals surface area (Å²) in [6, 6.07) is 7.31. The molecule has 1 aromatic carbocycles. The van der Waals surface area contributed by atoms with Crippen LogP contribution in [0.3, 0.4) is 0 Å². The third kappa shape index (κ3) is 2.80. The zero-order chi connectivity index (χ0) is 14.8. The van der Waals surface area contributed by atoms with Gasteiger partial charge in [0, 0.05) is 12.1 Å². The van der Waals surface area contributed by atoms with Crippen molar-refractivity contribution in [3.8, 4) is 0 Å². The number of benzene rings is 1. The van der Waals surface area contributed by atoms with E-state index in [-0.39, 0.29) is 12.5 Å². The van der Waals surface area contributed by atoms with E-state index in [1.165, 1.54) is 4.90 Å². The van der Waals surface area contributed by atoms with Gasteiger partial charge in [-0.2, -0.15) is 0 Å². The lowest BCUT2D eigenvalue weighted by atomic mass is 9.77. The molecule has 1 saturated carbocycles. The lowest BCUT2D eigenvalue weighted by Crippen LogP contribution is -2.45. The molecular formula is C15H18ClNO3. The molecule has 108 valence electrons. The summed E-state index contributed by atoms with van der Waals surface area (Å²) in [6.45, 7) is -0.270. The highest BCUT2D eigenvalue weighted by Crippen LogP contribution is 2.42. The molecule has 1 aromatic rings. The van der Waals surface area contributed by atoms with E-state index in [1.54, 1.807) is 19.2 Å². The molecule has 0 bridgehead atoms. The number of halogens is 1. The average Bonchev–Trinajstić information content (AvgIpc) is 2.88. The molecule has 1 amide bonds. The fraction of sp³-hybridized carbons (Fsp3) is 0.467. The van der Waals surface area contributed by atoms with Gasteiger partial charge in [0.2, 0.25) is 5.91 Å². The number of nitrogens with zero attached hydrogens (tertiary/aromatic N) is 1. The van der Waals surface area contributed by atoms with Gasteiger partial charge in [0.15, 0.2) is 0 Å². The van der Waals surface area contributed by atoms with E-state index in [9.17, 15) is 9.59 Å². The molecule has 0 aromatic heterocycles. The van der Waals surface area contributed by atoms with Crippen molar-refractivity contribution in [1.29, 1.82) is 0 Å². The van der Waals surface area contributed by atoms with Crippen LogP contribution in [-0.4, -0.2) is 35.5 Å². The molecule has 1 N–H and O–H groups in total. The van der Waals surface area contributed by atoms with Crippen LogP contribution in [0, 0.1) is 0 Å². The maximum atomic E-state index is 12.7. The van der Waals surface area contributed by atoms with Crippen LogP contribution in [0.2, 0.25) is 5.02 Å². The summed E-state index contributed by atoms with van der Waals surface area (Å²) in [5.74, 6) is -1.11. The van der Waals surface area contributed by atoms with Gasteiger partial charge >= 0.3 is 5.97 Å². The van der Waals surface area contributed by atoms with Crippen molar-refractivity contribution in [2.45, 2.75) is 31.1 Å². The van der Waals surface area contributed by atoms with Gasteiger partial charge in [-0.3, -0.25) is 9.59 Å². The smallest absolute Gasteiger partial charge is 0.323 e. The van der Waals surface area contributed by atoms with Crippen molar-refractivity contribution in [2.75, 3.05) is 13.6 Å². The summed E-state index contributed by atoms with van der Waals surface area (Å²) < 4.78 is 0. The summed E-state index contributed by atoms with van der Waals surface area (Å²) in [7, 11) is 1.55. The van der Waals surface area contributed by atoms with Gasteiger partial charge in [0.1, 0.15) is 6.54 Å². The molecule has 0 atom stereocenters. The highest BCUT2D eigenvalue weighted by molar-refractivity contribution is 6.30. The van der Waals surface area contributed by atoms with Gasteiger partial charge in [-0.15, -0.1) is 0 Å². The minimum Gasteiger partial charge on any atom is -0.480 e. The highest BCUT2D eigenvalue weighted by atomic mass is 35.5. The van der Waals surface area contributed by atoms with Crippen molar-refractivity contribution in [3.63, 3.8) is 0 Å². The van der Waals surface area contributed by atoms with Crippen molar-refractivity contribution in [2.24, 2.45) is 0 Å². The van der Waals surface area contributed by atoms with E-state index >= 15 is 0 Å². The Balaban J connectivity index is 2.32. The lowest BCUT2D eigenvalue weighted by molar-refractivity contribution is -0.146. The van der Waals surface area contributed by atoms with Gasteiger partial charge in [0.25, 0.3) is 0 Å². The van der Waals surface area contributed by atoms with Crippen molar-refractivity contribution in [1.82, 2.24) is 4.90 Å². The quantitative estimate of drug-likeness (QED) is 0.929. The van der Waals surface area contributed by atoms with Crippen LogP contribution < -0.4 is 0 Å². The van der Waals surface area contributed by atoms with Crippen LogP contribution in [0.5, 0.6) is 0 Å². The number of hydrogen-bond acceptors (Lipinski definition) is 2. The summed E-state index contributed by atoms with van der Waals surface area (Å²) in [4.78, 5) is 24.8. The van der Waals surface area contributed by atoms with E-state index in [0.29, 0.717) is 5.02 Å². The first kappa shape index (κ1) is 14.9. The fourth-order valence-corrected chi connectivity index (χ4v) is 3.14. The third-order valence-corrected chi connectivity index (χ3v) is 4.23. The Hall–Kier alpha value is -1.55. The minimum atomic E-state index is -0.995. The molecule has 0 spiro atoms. The van der Waals surface area contributed by atoms with Crippen molar-refractivity contribution < 1.29 is 14.7 Å². The molecule has 20 heavy (non-hydrogen) atoms. The Labute approximate surface area is 123 Å². The zero-order valence-electron chi connectivity index (χ0n) is 11.4. The first-order valence-corrected chi connectivity index (χ1v) is 7.07. The molecule has 0 radical (unpaired) electrons. The highest BCUT2D eigenvalue weighted by Gasteiger charge is 2.44. The number of amides is 1. The molecule has 0 unspecified atom stereocenters. The monoisotopic (exact) mass is 295 g/mol. The fourth-order valence-electron chi connectivity index (χ4n) is 3.01. The summed E-state index contributed by atoms with van der Waals surface area (Å²) in [5, 5.41) is 9.49. The van der Waals surface area contributed by atoms with E-state index < -0.39 is 11.4 Å². The Bertz CT molecular complexity index is 506. The predicted octanol–water partition coefficient (Wildman–Crippen LogP) is 2.69. The van der Waals surface area contributed by atoms with Crippen LogP contribution in [0.15, 0.2) is 24.3 Å². The number of carboxylic acids is 1. The molecule has 1 aliphatic carbocycles. The van der Waals surface area contributed by atoms with Gasteiger partial charge in [-0.25, -0.2) is 0 Å². The second-order valence-electron chi connectivity index (χ2n) is 5.35. The molecule has 1 aliphatic rings. The summed E-state index contributed by atoms with van der Waals surface area (Å²) in [5.41, 5.74) is 0.344. The maximum Gasteiger partial charge on any atom is 0.323 e. The average molecular weight is 296 g/mol. The Morgan fingerprint density at radius 2 is 1.80 bits per heavy atom. The second kappa shape index (κ2) is 5.83. The van der Waals surface area contributed by atoms with Crippen molar-refractivity contribution in [3.05, 3.63) is 34.9 Å². The van der Waals surface area contributed by atoms with E-state index in [4.69, 9.17) is 16.7 Å². The zero-order valence-corrected chi connectivity index (χ0v) is 12.2. The van der Waals surface area contributed by atoms with Gasteiger partial charge in [-0.05, 0) is 30.5 Å². The van der Waals surface area contributed by atoms with Crippen LogP contribution >= 0.6 is 11.6 Å². The van der Waals surface area contributed by atoms with Crippen LogP contribution in [-0.2, 0) is 15.0 Å².